The quantitative estimate of drug-likeness (QED) is 0.803. The Morgan fingerprint density at radius 1 is 1.32 bits per heavy atom. The van der Waals surface area contributed by atoms with Crippen LogP contribution in [0.1, 0.15) is 75.3 Å². The number of carbonyl (C=O) groups is 1. The molecule has 0 spiro atoms. The van der Waals surface area contributed by atoms with Gasteiger partial charge in [-0.25, -0.2) is 4.98 Å². The molecule has 0 unspecified atom stereocenters. The first kappa shape index (κ1) is 19.2. The van der Waals surface area contributed by atoms with E-state index in [1.807, 2.05) is 4.90 Å². The summed E-state index contributed by atoms with van der Waals surface area (Å²) in [4.78, 5) is 21.2. The molecule has 6 nitrogen and oxygen atoms in total. The Labute approximate surface area is 167 Å². The third-order valence-electron chi connectivity index (χ3n) is 6.37. The second kappa shape index (κ2) is 7.04. The number of aromatic nitrogens is 1. The van der Waals surface area contributed by atoms with Gasteiger partial charge in [-0.1, -0.05) is 6.92 Å². The van der Waals surface area contributed by atoms with Gasteiger partial charge in [-0.2, -0.15) is 5.26 Å². The van der Waals surface area contributed by atoms with E-state index in [4.69, 9.17) is 9.72 Å². The zero-order chi connectivity index (χ0) is 20.1. The second-order valence-electron chi connectivity index (χ2n) is 8.98. The average Bonchev–Trinajstić information content (AvgIpc) is 3.50. The van der Waals surface area contributed by atoms with Crippen LogP contribution < -0.4 is 4.90 Å². The summed E-state index contributed by atoms with van der Waals surface area (Å²) >= 11 is 0. The minimum Gasteiger partial charge on any atom is -0.370 e. The summed E-state index contributed by atoms with van der Waals surface area (Å²) in [5.74, 6) is 1.45. The van der Waals surface area contributed by atoms with E-state index in [0.29, 0.717) is 24.6 Å². The summed E-state index contributed by atoms with van der Waals surface area (Å²) in [5.41, 5.74) is 3.87. The van der Waals surface area contributed by atoms with E-state index in [2.05, 4.69) is 31.7 Å². The first-order valence-corrected chi connectivity index (χ1v) is 10.5. The molecule has 2 aliphatic heterocycles. The van der Waals surface area contributed by atoms with E-state index < -0.39 is 0 Å². The second-order valence-corrected chi connectivity index (χ2v) is 8.98. The molecule has 0 radical (unpaired) electrons. The Kier molecular flexibility index (Phi) is 4.83. The lowest BCUT2D eigenvalue weighted by atomic mass is 9.87. The van der Waals surface area contributed by atoms with Gasteiger partial charge in [0.05, 0.1) is 23.5 Å². The van der Waals surface area contributed by atoms with Crippen LogP contribution in [-0.4, -0.2) is 47.1 Å². The van der Waals surface area contributed by atoms with E-state index >= 15 is 0 Å². The van der Waals surface area contributed by atoms with Crippen LogP contribution in [0.2, 0.25) is 0 Å². The SMILES string of the molecule is CC[C@H]1CN(c2nc(C3CC3)c3c(c2C#N)CC(C)(C)OC3)CCN1C(C)=O. The molecule has 150 valence electrons. The molecule has 6 heteroatoms. The molecule has 4 rings (SSSR count). The molecule has 0 bridgehead atoms. The van der Waals surface area contributed by atoms with Crippen molar-refractivity contribution < 1.29 is 9.53 Å². The Morgan fingerprint density at radius 3 is 2.68 bits per heavy atom. The van der Waals surface area contributed by atoms with Crippen LogP contribution in [0.15, 0.2) is 0 Å². The Balaban J connectivity index is 1.76. The Morgan fingerprint density at radius 2 is 2.07 bits per heavy atom. The van der Waals surface area contributed by atoms with Crippen molar-refractivity contribution in [3.05, 3.63) is 22.4 Å². The number of hydrogen-bond acceptors (Lipinski definition) is 5. The number of anilines is 1. The molecule has 1 saturated carbocycles. The molecule has 1 saturated heterocycles. The number of hydrogen-bond donors (Lipinski definition) is 0. The predicted octanol–water partition coefficient (Wildman–Crippen LogP) is 3.13. The van der Waals surface area contributed by atoms with Crippen molar-refractivity contribution in [3.63, 3.8) is 0 Å². The minimum atomic E-state index is -0.267. The summed E-state index contributed by atoms with van der Waals surface area (Å²) in [7, 11) is 0. The fourth-order valence-corrected chi connectivity index (χ4v) is 4.63. The average molecular weight is 383 g/mol. The highest BCUT2D eigenvalue weighted by molar-refractivity contribution is 5.74. The van der Waals surface area contributed by atoms with Gasteiger partial charge in [-0.3, -0.25) is 4.79 Å². The van der Waals surface area contributed by atoms with Crippen molar-refractivity contribution in [1.29, 1.82) is 5.26 Å². The molecule has 1 aliphatic carbocycles. The molecule has 1 amide bonds. The number of pyridine rings is 1. The summed E-state index contributed by atoms with van der Waals surface area (Å²) in [6.07, 6.45) is 3.98. The fourth-order valence-electron chi connectivity index (χ4n) is 4.63. The van der Waals surface area contributed by atoms with E-state index in [-0.39, 0.29) is 17.6 Å². The molecule has 1 aromatic heterocycles. The highest BCUT2D eigenvalue weighted by atomic mass is 16.5. The largest absolute Gasteiger partial charge is 0.370 e. The number of fused-ring (bicyclic) bond motifs is 1. The van der Waals surface area contributed by atoms with E-state index in [0.717, 1.165) is 48.6 Å². The fraction of sp³-hybridized carbons (Fsp3) is 0.682. The van der Waals surface area contributed by atoms with Gasteiger partial charge in [0.2, 0.25) is 5.91 Å². The number of nitriles is 1. The number of carbonyl (C=O) groups excluding carboxylic acids is 1. The van der Waals surface area contributed by atoms with Crippen molar-refractivity contribution >= 4 is 11.7 Å². The molecule has 1 atom stereocenters. The monoisotopic (exact) mass is 382 g/mol. The van der Waals surface area contributed by atoms with Gasteiger partial charge in [0, 0.05) is 50.5 Å². The zero-order valence-corrected chi connectivity index (χ0v) is 17.4. The van der Waals surface area contributed by atoms with Crippen LogP contribution in [0.4, 0.5) is 5.82 Å². The maximum absolute atomic E-state index is 12.0. The Hall–Kier alpha value is -2.13. The van der Waals surface area contributed by atoms with Crippen LogP contribution in [0.25, 0.3) is 0 Å². The van der Waals surface area contributed by atoms with Gasteiger partial charge in [0.15, 0.2) is 0 Å². The van der Waals surface area contributed by atoms with Gasteiger partial charge >= 0.3 is 0 Å². The molecule has 0 N–H and O–H groups in total. The number of nitrogens with zero attached hydrogens (tertiary/aromatic N) is 4. The highest BCUT2D eigenvalue weighted by Gasteiger charge is 2.38. The van der Waals surface area contributed by atoms with Gasteiger partial charge in [0.25, 0.3) is 0 Å². The van der Waals surface area contributed by atoms with Gasteiger partial charge in [-0.05, 0) is 38.7 Å². The lowest BCUT2D eigenvalue weighted by Gasteiger charge is -2.42. The smallest absolute Gasteiger partial charge is 0.219 e. The minimum absolute atomic E-state index is 0.128. The van der Waals surface area contributed by atoms with Crippen molar-refractivity contribution in [2.45, 2.75) is 77.5 Å². The third kappa shape index (κ3) is 3.37. The van der Waals surface area contributed by atoms with Crippen LogP contribution >= 0.6 is 0 Å². The van der Waals surface area contributed by atoms with Crippen molar-refractivity contribution in [2.75, 3.05) is 24.5 Å². The van der Waals surface area contributed by atoms with E-state index in [1.165, 1.54) is 12.8 Å². The maximum atomic E-state index is 12.0. The lowest BCUT2D eigenvalue weighted by Crippen LogP contribution is -2.55. The van der Waals surface area contributed by atoms with Crippen LogP contribution in [0.5, 0.6) is 0 Å². The molecule has 1 aromatic rings. The molecular formula is C22H30N4O2. The third-order valence-corrected chi connectivity index (χ3v) is 6.37. The highest BCUT2D eigenvalue weighted by Crippen LogP contribution is 2.45. The summed E-state index contributed by atoms with van der Waals surface area (Å²) in [6, 6.07) is 2.64. The number of ether oxygens (including phenoxy) is 1. The summed E-state index contributed by atoms with van der Waals surface area (Å²) in [5, 5.41) is 10.1. The molecular weight excluding hydrogens is 352 g/mol. The maximum Gasteiger partial charge on any atom is 0.219 e. The van der Waals surface area contributed by atoms with Crippen molar-refractivity contribution in [2.24, 2.45) is 0 Å². The Bertz CT molecular complexity index is 838. The van der Waals surface area contributed by atoms with E-state index in [1.54, 1.807) is 6.92 Å². The van der Waals surface area contributed by atoms with Crippen molar-refractivity contribution in [1.82, 2.24) is 9.88 Å². The van der Waals surface area contributed by atoms with Crippen molar-refractivity contribution in [3.8, 4) is 6.07 Å². The first-order valence-electron chi connectivity index (χ1n) is 10.5. The number of piperazine rings is 1. The topological polar surface area (TPSA) is 69.5 Å². The molecule has 3 heterocycles. The van der Waals surface area contributed by atoms with Gasteiger partial charge in [-0.15, -0.1) is 0 Å². The van der Waals surface area contributed by atoms with Gasteiger partial charge < -0.3 is 14.5 Å². The summed E-state index contributed by atoms with van der Waals surface area (Å²) < 4.78 is 6.06. The van der Waals surface area contributed by atoms with Gasteiger partial charge in [0.1, 0.15) is 11.9 Å². The van der Waals surface area contributed by atoms with Crippen LogP contribution in [-0.2, 0) is 22.6 Å². The number of rotatable bonds is 3. The lowest BCUT2D eigenvalue weighted by molar-refractivity contribution is -0.131. The zero-order valence-electron chi connectivity index (χ0n) is 17.4. The van der Waals surface area contributed by atoms with E-state index in [9.17, 15) is 10.1 Å². The normalized spacial score (nSPS) is 23.9. The van der Waals surface area contributed by atoms with Crippen LogP contribution in [0.3, 0.4) is 0 Å². The summed E-state index contributed by atoms with van der Waals surface area (Å²) in [6.45, 7) is 10.6. The number of amides is 1. The first-order chi connectivity index (χ1) is 13.3. The standard InChI is InChI=1S/C22H30N4O2/c1-5-16-12-25(8-9-26(16)14(2)27)21-18(11-23)17-10-22(3,4)28-13-19(17)20(24-21)15-6-7-15/h15-16H,5-10,12-13H2,1-4H3/t16-/m0/s1. The van der Waals surface area contributed by atoms with Crippen LogP contribution in [0, 0.1) is 11.3 Å². The molecule has 3 aliphatic rings. The molecule has 2 fully saturated rings. The molecule has 0 aromatic carbocycles. The molecule has 28 heavy (non-hydrogen) atoms. The predicted molar refractivity (Wildman–Crippen MR) is 107 cm³/mol.